The Bertz CT molecular complexity index is 740. The summed E-state index contributed by atoms with van der Waals surface area (Å²) in [5.41, 5.74) is 0.980. The van der Waals surface area contributed by atoms with E-state index < -0.39 is 5.91 Å². The molecule has 0 spiro atoms. The monoisotopic (exact) mass is 272 g/mol. The standard InChI is InChI=1S/C13H8N2O3S/c16-9-3-1-2-7-4-5-8(14-11(7)9)6-10-12(17)15-13(18)19-10/h1-6,16H,(H,15,17,18). The van der Waals surface area contributed by atoms with Crippen LogP contribution in [-0.2, 0) is 4.79 Å². The van der Waals surface area contributed by atoms with Gasteiger partial charge in [0.1, 0.15) is 11.3 Å². The number of nitrogens with one attached hydrogen (secondary N) is 1. The van der Waals surface area contributed by atoms with E-state index in [0.29, 0.717) is 16.1 Å². The molecule has 0 unspecified atom stereocenters. The average molecular weight is 272 g/mol. The predicted octanol–water partition coefficient (Wildman–Crippen LogP) is 2.26. The molecule has 3 rings (SSSR count). The smallest absolute Gasteiger partial charge is 0.290 e. The molecule has 94 valence electrons. The van der Waals surface area contributed by atoms with E-state index in [1.54, 1.807) is 24.3 Å². The topological polar surface area (TPSA) is 79.3 Å². The lowest BCUT2D eigenvalue weighted by atomic mass is 10.2. The van der Waals surface area contributed by atoms with Crippen LogP contribution in [-0.4, -0.2) is 21.2 Å². The minimum atomic E-state index is -0.422. The molecule has 1 aliphatic heterocycles. The normalized spacial score (nSPS) is 17.2. The Balaban J connectivity index is 2.07. The summed E-state index contributed by atoms with van der Waals surface area (Å²) >= 11 is 0.837. The number of hydrogen-bond donors (Lipinski definition) is 2. The van der Waals surface area contributed by atoms with Gasteiger partial charge in [0.15, 0.2) is 0 Å². The van der Waals surface area contributed by atoms with Crippen LogP contribution in [0.1, 0.15) is 5.69 Å². The number of rotatable bonds is 1. The number of phenolic OH excluding ortho intramolecular Hbond substituents is 1. The van der Waals surface area contributed by atoms with Crippen LogP contribution >= 0.6 is 11.8 Å². The molecule has 0 atom stereocenters. The number of aromatic nitrogens is 1. The highest BCUT2D eigenvalue weighted by Crippen LogP contribution is 2.27. The zero-order valence-corrected chi connectivity index (χ0v) is 10.4. The first kappa shape index (κ1) is 11.7. The van der Waals surface area contributed by atoms with E-state index >= 15 is 0 Å². The van der Waals surface area contributed by atoms with Crippen molar-refractivity contribution in [3.8, 4) is 5.75 Å². The molecule has 0 aliphatic carbocycles. The van der Waals surface area contributed by atoms with Gasteiger partial charge < -0.3 is 5.11 Å². The number of nitrogens with zero attached hydrogens (tertiary/aromatic N) is 1. The fourth-order valence-corrected chi connectivity index (χ4v) is 2.45. The molecule has 2 heterocycles. The molecule has 0 saturated carbocycles. The number of carbonyl (C=O) groups is 2. The Kier molecular flexibility index (Phi) is 2.72. The Morgan fingerprint density at radius 1 is 1.21 bits per heavy atom. The molecule has 0 bridgehead atoms. The summed E-state index contributed by atoms with van der Waals surface area (Å²) in [5, 5.41) is 12.3. The summed E-state index contributed by atoms with van der Waals surface area (Å²) in [4.78, 5) is 27.0. The third kappa shape index (κ3) is 2.17. The summed E-state index contributed by atoms with van der Waals surface area (Å²) < 4.78 is 0. The number of para-hydroxylation sites is 1. The average Bonchev–Trinajstić information content (AvgIpc) is 2.69. The first-order valence-electron chi connectivity index (χ1n) is 5.47. The van der Waals surface area contributed by atoms with Crippen molar-refractivity contribution in [1.82, 2.24) is 10.3 Å². The van der Waals surface area contributed by atoms with Crippen molar-refractivity contribution >= 4 is 39.9 Å². The van der Waals surface area contributed by atoms with Gasteiger partial charge in [0, 0.05) is 5.39 Å². The number of imide groups is 1. The number of phenols is 1. The van der Waals surface area contributed by atoms with E-state index in [2.05, 4.69) is 10.3 Å². The molecule has 6 heteroatoms. The van der Waals surface area contributed by atoms with E-state index in [-0.39, 0.29) is 11.0 Å². The summed E-state index contributed by atoms with van der Waals surface area (Å²) in [6, 6.07) is 8.64. The molecule has 1 aromatic carbocycles. The molecule has 2 amide bonds. The van der Waals surface area contributed by atoms with Crippen LogP contribution in [0.5, 0.6) is 5.75 Å². The van der Waals surface area contributed by atoms with Crippen LogP contribution in [0, 0.1) is 0 Å². The van der Waals surface area contributed by atoms with Gasteiger partial charge in [-0.2, -0.15) is 0 Å². The number of carbonyl (C=O) groups excluding carboxylic acids is 2. The van der Waals surface area contributed by atoms with Gasteiger partial charge in [-0.05, 0) is 30.0 Å². The van der Waals surface area contributed by atoms with Crippen molar-refractivity contribution in [3.63, 3.8) is 0 Å². The Labute approximate surface area is 112 Å². The Hall–Kier alpha value is -2.34. The first-order chi connectivity index (χ1) is 9.13. The van der Waals surface area contributed by atoms with Crippen LogP contribution in [0.15, 0.2) is 35.2 Å². The maximum atomic E-state index is 11.4. The van der Waals surface area contributed by atoms with Gasteiger partial charge >= 0.3 is 0 Å². The van der Waals surface area contributed by atoms with Crippen molar-refractivity contribution in [2.75, 3.05) is 0 Å². The van der Waals surface area contributed by atoms with E-state index in [1.807, 2.05) is 6.07 Å². The molecule has 0 radical (unpaired) electrons. The predicted molar refractivity (Wildman–Crippen MR) is 72.5 cm³/mol. The first-order valence-corrected chi connectivity index (χ1v) is 6.29. The van der Waals surface area contributed by atoms with Crippen molar-refractivity contribution < 1.29 is 14.7 Å². The fraction of sp³-hybridized carbons (Fsp3) is 0. The Morgan fingerprint density at radius 2 is 2.05 bits per heavy atom. The Morgan fingerprint density at radius 3 is 2.79 bits per heavy atom. The van der Waals surface area contributed by atoms with Crippen LogP contribution < -0.4 is 5.32 Å². The number of hydrogen-bond acceptors (Lipinski definition) is 5. The van der Waals surface area contributed by atoms with Crippen LogP contribution in [0.3, 0.4) is 0 Å². The minimum absolute atomic E-state index is 0.0809. The van der Waals surface area contributed by atoms with Crippen molar-refractivity contribution in [2.45, 2.75) is 0 Å². The highest BCUT2D eigenvalue weighted by atomic mass is 32.2. The quantitative estimate of drug-likeness (QED) is 0.778. The van der Waals surface area contributed by atoms with Gasteiger partial charge in [0.05, 0.1) is 10.6 Å². The van der Waals surface area contributed by atoms with Gasteiger partial charge in [-0.25, -0.2) is 4.98 Å². The zero-order chi connectivity index (χ0) is 13.4. The van der Waals surface area contributed by atoms with Gasteiger partial charge in [0.25, 0.3) is 11.1 Å². The summed E-state index contributed by atoms with van der Waals surface area (Å²) in [5.74, 6) is -0.341. The highest BCUT2D eigenvalue weighted by molar-refractivity contribution is 8.18. The van der Waals surface area contributed by atoms with E-state index in [0.717, 1.165) is 17.1 Å². The zero-order valence-electron chi connectivity index (χ0n) is 9.58. The molecule has 1 aliphatic rings. The van der Waals surface area contributed by atoms with Crippen molar-refractivity contribution in [1.29, 1.82) is 0 Å². The number of pyridine rings is 1. The molecule has 1 aromatic heterocycles. The van der Waals surface area contributed by atoms with Crippen molar-refractivity contribution in [2.24, 2.45) is 0 Å². The highest BCUT2D eigenvalue weighted by Gasteiger charge is 2.25. The number of benzene rings is 1. The number of fused-ring (bicyclic) bond motifs is 1. The molecular weight excluding hydrogens is 264 g/mol. The third-order valence-electron chi connectivity index (χ3n) is 2.64. The molecule has 5 nitrogen and oxygen atoms in total. The summed E-state index contributed by atoms with van der Waals surface area (Å²) in [6.07, 6.45) is 1.52. The molecule has 2 N–H and O–H groups in total. The van der Waals surface area contributed by atoms with Crippen molar-refractivity contribution in [3.05, 3.63) is 40.9 Å². The van der Waals surface area contributed by atoms with E-state index in [9.17, 15) is 14.7 Å². The van der Waals surface area contributed by atoms with Gasteiger partial charge in [0.2, 0.25) is 0 Å². The van der Waals surface area contributed by atoms with Crippen LogP contribution in [0.25, 0.3) is 17.0 Å². The molecular formula is C13H8N2O3S. The molecule has 19 heavy (non-hydrogen) atoms. The van der Waals surface area contributed by atoms with Crippen LogP contribution in [0.4, 0.5) is 4.79 Å². The van der Waals surface area contributed by atoms with Gasteiger partial charge in [-0.3, -0.25) is 14.9 Å². The SMILES string of the molecule is O=C1NC(=O)C(=Cc2ccc3cccc(O)c3n2)S1. The lowest BCUT2D eigenvalue weighted by Gasteiger charge is -2.01. The molecule has 1 fully saturated rings. The minimum Gasteiger partial charge on any atom is -0.506 e. The number of thioether (sulfide) groups is 1. The lowest BCUT2D eigenvalue weighted by molar-refractivity contribution is -0.115. The summed E-state index contributed by atoms with van der Waals surface area (Å²) in [7, 11) is 0. The number of aromatic hydroxyl groups is 1. The second-order valence-corrected chi connectivity index (χ2v) is 4.95. The summed E-state index contributed by atoms with van der Waals surface area (Å²) in [6.45, 7) is 0. The molecule has 1 saturated heterocycles. The van der Waals surface area contributed by atoms with Crippen LogP contribution in [0.2, 0.25) is 0 Å². The maximum Gasteiger partial charge on any atom is 0.290 e. The van der Waals surface area contributed by atoms with E-state index in [1.165, 1.54) is 6.08 Å². The second kappa shape index (κ2) is 4.40. The fourth-order valence-electron chi connectivity index (χ4n) is 1.78. The largest absolute Gasteiger partial charge is 0.506 e. The lowest BCUT2D eigenvalue weighted by Crippen LogP contribution is -2.17. The maximum absolute atomic E-state index is 11.4. The third-order valence-corrected chi connectivity index (χ3v) is 3.45. The van der Waals surface area contributed by atoms with E-state index in [4.69, 9.17) is 0 Å². The second-order valence-electron chi connectivity index (χ2n) is 3.94. The number of amides is 2. The molecule has 2 aromatic rings. The van der Waals surface area contributed by atoms with Gasteiger partial charge in [-0.15, -0.1) is 0 Å². The van der Waals surface area contributed by atoms with Gasteiger partial charge in [-0.1, -0.05) is 18.2 Å².